The summed E-state index contributed by atoms with van der Waals surface area (Å²) in [6.45, 7) is 9.18. The molecular weight excluding hydrogens is 276 g/mol. The summed E-state index contributed by atoms with van der Waals surface area (Å²) in [4.78, 5) is 0. The lowest BCUT2D eigenvalue weighted by Gasteiger charge is -2.29. The number of rotatable bonds is 7. The summed E-state index contributed by atoms with van der Waals surface area (Å²) in [5.41, 5.74) is 3.77. The van der Waals surface area contributed by atoms with E-state index in [9.17, 15) is 5.11 Å². The maximum absolute atomic E-state index is 10.4. The Labute approximate surface area is 134 Å². The van der Waals surface area contributed by atoms with Crippen molar-refractivity contribution in [2.75, 3.05) is 14.2 Å². The van der Waals surface area contributed by atoms with Gasteiger partial charge < -0.3 is 14.6 Å². The highest BCUT2D eigenvalue weighted by atomic mass is 16.5. The quantitative estimate of drug-likeness (QED) is 0.755. The minimum Gasteiger partial charge on any atom is -0.507 e. The molecule has 1 aromatic rings. The Morgan fingerprint density at radius 2 is 1.59 bits per heavy atom. The van der Waals surface area contributed by atoms with Crippen LogP contribution in [0.15, 0.2) is 35.9 Å². The van der Waals surface area contributed by atoms with Crippen molar-refractivity contribution >= 4 is 0 Å². The molecule has 1 rings (SSSR count). The normalized spacial score (nSPS) is 13.1. The van der Waals surface area contributed by atoms with Crippen molar-refractivity contribution in [3.63, 3.8) is 0 Å². The average Bonchev–Trinajstić information content (AvgIpc) is 2.48. The van der Waals surface area contributed by atoms with Crippen LogP contribution in [0.3, 0.4) is 0 Å². The van der Waals surface area contributed by atoms with Gasteiger partial charge in [0, 0.05) is 30.8 Å². The highest BCUT2D eigenvalue weighted by molar-refractivity contribution is 5.49. The fraction of sp³-hybridized carbons (Fsp3) is 0.474. The number of hydrogen-bond acceptors (Lipinski definition) is 3. The molecule has 122 valence electrons. The van der Waals surface area contributed by atoms with E-state index in [1.54, 1.807) is 14.2 Å². The van der Waals surface area contributed by atoms with Gasteiger partial charge in [-0.15, -0.1) is 0 Å². The monoisotopic (exact) mass is 304 g/mol. The molecule has 0 bridgehead atoms. The lowest BCUT2D eigenvalue weighted by atomic mass is 9.76. The van der Waals surface area contributed by atoms with Crippen LogP contribution in [-0.4, -0.2) is 19.3 Å². The molecule has 1 aromatic carbocycles. The predicted octanol–water partition coefficient (Wildman–Crippen LogP) is 4.49. The second-order valence-corrected chi connectivity index (χ2v) is 5.88. The van der Waals surface area contributed by atoms with Crippen LogP contribution < -0.4 is 0 Å². The van der Waals surface area contributed by atoms with Crippen molar-refractivity contribution in [1.82, 2.24) is 0 Å². The largest absolute Gasteiger partial charge is 0.507 e. The first-order valence-corrected chi connectivity index (χ1v) is 7.54. The highest BCUT2D eigenvalue weighted by Gasteiger charge is 2.26. The van der Waals surface area contributed by atoms with Gasteiger partial charge in [0.05, 0.1) is 13.2 Å². The molecule has 3 heteroatoms. The van der Waals surface area contributed by atoms with E-state index in [0.717, 1.165) is 16.7 Å². The predicted molar refractivity (Wildman–Crippen MR) is 91.1 cm³/mol. The van der Waals surface area contributed by atoms with Crippen LogP contribution in [0.4, 0.5) is 0 Å². The second-order valence-electron chi connectivity index (χ2n) is 5.88. The third-order valence-corrected chi connectivity index (χ3v) is 3.97. The third-order valence-electron chi connectivity index (χ3n) is 3.97. The van der Waals surface area contributed by atoms with Crippen molar-refractivity contribution in [3.05, 3.63) is 52.6 Å². The molecule has 0 heterocycles. The summed E-state index contributed by atoms with van der Waals surface area (Å²) in [6, 6.07) is 4.04. The van der Waals surface area contributed by atoms with Crippen LogP contribution in [0.5, 0.6) is 5.75 Å². The number of phenols is 1. The molecule has 0 aliphatic heterocycles. The summed E-state index contributed by atoms with van der Waals surface area (Å²) in [5.74, 6) is 0.260. The van der Waals surface area contributed by atoms with Crippen LogP contribution in [0.2, 0.25) is 0 Å². The highest BCUT2D eigenvalue weighted by Crippen LogP contribution is 2.37. The Bertz CT molecular complexity index is 527. The first-order chi connectivity index (χ1) is 10.4. The molecule has 0 aromatic heterocycles. The van der Waals surface area contributed by atoms with Crippen LogP contribution >= 0.6 is 0 Å². The number of aromatic hydroxyl groups is 1. The van der Waals surface area contributed by atoms with Crippen LogP contribution in [-0.2, 0) is 28.1 Å². The van der Waals surface area contributed by atoms with E-state index in [1.807, 2.05) is 32.1 Å². The zero-order valence-electron chi connectivity index (χ0n) is 14.6. The fourth-order valence-electron chi connectivity index (χ4n) is 2.66. The first kappa shape index (κ1) is 18.5. The fourth-order valence-corrected chi connectivity index (χ4v) is 2.66. The van der Waals surface area contributed by atoms with E-state index < -0.39 is 0 Å². The maximum Gasteiger partial charge on any atom is 0.126 e. The van der Waals surface area contributed by atoms with Crippen LogP contribution in [0, 0.1) is 0 Å². The number of hydrogen-bond donors (Lipinski definition) is 1. The van der Waals surface area contributed by atoms with Gasteiger partial charge in [-0.05, 0) is 37.1 Å². The van der Waals surface area contributed by atoms with Gasteiger partial charge in [0.2, 0.25) is 0 Å². The lowest BCUT2D eigenvalue weighted by Crippen LogP contribution is -2.20. The minimum absolute atomic E-state index is 0.167. The van der Waals surface area contributed by atoms with Gasteiger partial charge in [-0.1, -0.05) is 32.1 Å². The minimum atomic E-state index is -0.167. The van der Waals surface area contributed by atoms with E-state index in [0.29, 0.717) is 13.2 Å². The van der Waals surface area contributed by atoms with E-state index >= 15 is 0 Å². The number of allylic oxidation sites excluding steroid dienone is 4. The molecule has 0 unspecified atom stereocenters. The van der Waals surface area contributed by atoms with Crippen LogP contribution in [0.1, 0.15) is 44.4 Å². The Morgan fingerprint density at radius 3 is 1.95 bits per heavy atom. The Kier molecular flexibility index (Phi) is 6.85. The Balaban J connectivity index is 3.45. The van der Waals surface area contributed by atoms with Gasteiger partial charge in [0.15, 0.2) is 0 Å². The van der Waals surface area contributed by atoms with Gasteiger partial charge in [-0.2, -0.15) is 0 Å². The molecule has 0 amide bonds. The van der Waals surface area contributed by atoms with E-state index in [-0.39, 0.29) is 11.2 Å². The zero-order chi connectivity index (χ0) is 16.8. The van der Waals surface area contributed by atoms with Crippen molar-refractivity contribution < 1.29 is 14.6 Å². The smallest absolute Gasteiger partial charge is 0.126 e. The van der Waals surface area contributed by atoms with E-state index in [2.05, 4.69) is 26.0 Å². The molecule has 1 N–H and O–H groups in total. The molecular formula is C19H28O3. The summed E-state index contributed by atoms with van der Waals surface area (Å²) in [7, 11) is 3.26. The van der Waals surface area contributed by atoms with Gasteiger partial charge in [-0.3, -0.25) is 0 Å². The summed E-state index contributed by atoms with van der Waals surface area (Å²) in [5, 5.41) is 10.4. The van der Waals surface area contributed by atoms with Gasteiger partial charge in [0.1, 0.15) is 5.75 Å². The zero-order valence-corrected chi connectivity index (χ0v) is 14.6. The molecule has 0 saturated carbocycles. The SMILES string of the molecule is C/C=C\C(=C/C)C(C)(C)c1cc(COC)c(O)c(COC)c1. The third kappa shape index (κ3) is 3.99. The molecule has 0 aliphatic rings. The summed E-state index contributed by atoms with van der Waals surface area (Å²) >= 11 is 0. The number of methoxy groups -OCH3 is 2. The molecule has 0 radical (unpaired) electrons. The Morgan fingerprint density at radius 1 is 1.09 bits per heavy atom. The molecule has 0 fully saturated rings. The van der Waals surface area contributed by atoms with E-state index in [4.69, 9.17) is 9.47 Å². The second kappa shape index (κ2) is 8.16. The van der Waals surface area contributed by atoms with E-state index in [1.165, 1.54) is 5.57 Å². The molecule has 3 nitrogen and oxygen atoms in total. The summed E-state index contributed by atoms with van der Waals surface area (Å²) < 4.78 is 10.4. The van der Waals surface area contributed by atoms with Crippen molar-refractivity contribution in [2.24, 2.45) is 0 Å². The molecule has 0 atom stereocenters. The molecule has 0 spiro atoms. The standard InChI is InChI=1S/C19H28O3/c1-7-9-16(8-2)19(3,4)17-10-14(12-21-5)18(20)15(11-17)13-22-6/h7-11,20H,12-13H2,1-6H3/b9-7-,16-8+. The Hall–Kier alpha value is -1.58. The average molecular weight is 304 g/mol. The molecule has 22 heavy (non-hydrogen) atoms. The van der Waals surface area contributed by atoms with Crippen molar-refractivity contribution in [2.45, 2.75) is 46.3 Å². The van der Waals surface area contributed by atoms with Crippen molar-refractivity contribution in [3.8, 4) is 5.75 Å². The van der Waals surface area contributed by atoms with Crippen LogP contribution in [0.25, 0.3) is 0 Å². The van der Waals surface area contributed by atoms with Crippen molar-refractivity contribution in [1.29, 1.82) is 0 Å². The van der Waals surface area contributed by atoms with Gasteiger partial charge in [0.25, 0.3) is 0 Å². The molecule has 0 aliphatic carbocycles. The number of phenolic OH excluding ortho intramolecular Hbond substituents is 1. The van der Waals surface area contributed by atoms with Gasteiger partial charge in [-0.25, -0.2) is 0 Å². The topological polar surface area (TPSA) is 38.7 Å². The summed E-state index contributed by atoms with van der Waals surface area (Å²) in [6.07, 6.45) is 6.29. The number of ether oxygens (including phenoxy) is 2. The molecule has 0 saturated heterocycles. The number of benzene rings is 1. The first-order valence-electron chi connectivity index (χ1n) is 7.54. The maximum atomic E-state index is 10.4. The van der Waals surface area contributed by atoms with Gasteiger partial charge >= 0.3 is 0 Å². The lowest BCUT2D eigenvalue weighted by molar-refractivity contribution is 0.174.